The molecule has 1 heterocycles. The van der Waals surface area contributed by atoms with Crippen LogP contribution in [0, 0.1) is 0 Å². The van der Waals surface area contributed by atoms with E-state index in [-0.39, 0.29) is 6.61 Å². The fourth-order valence-electron chi connectivity index (χ4n) is 0.768. The third-order valence-corrected chi connectivity index (χ3v) is 3.21. The van der Waals surface area contributed by atoms with Gasteiger partial charge in [0.2, 0.25) is 5.13 Å². The first kappa shape index (κ1) is 13.0. The Bertz CT molecular complexity index is 365. The molecule has 5 nitrogen and oxygen atoms in total. The summed E-state index contributed by atoms with van der Waals surface area (Å²) >= 11 is 2.93. The highest BCUT2D eigenvalue weighted by atomic mass is 32.2. The van der Waals surface area contributed by atoms with Gasteiger partial charge in [-0.1, -0.05) is 49.6 Å². The zero-order valence-electron chi connectivity index (χ0n) is 9.10. The number of carbonyl (C=O) groups excluding carboxylic acids is 1. The molecule has 88 valence electrons. The van der Waals surface area contributed by atoms with Crippen LogP contribution >= 0.6 is 23.1 Å². The van der Waals surface area contributed by atoms with E-state index in [1.807, 2.05) is 0 Å². The van der Waals surface area contributed by atoms with E-state index >= 15 is 0 Å². The number of nitrogens with zero attached hydrogens (tertiary/aromatic N) is 2. The van der Waals surface area contributed by atoms with Crippen LogP contribution in [0.2, 0.25) is 0 Å². The molecule has 0 spiro atoms. The summed E-state index contributed by atoms with van der Waals surface area (Å²) in [6, 6.07) is 0. The lowest BCUT2D eigenvalue weighted by Gasteiger charge is -2.00. The molecular formula is C9H13N3O2S2. The van der Waals surface area contributed by atoms with Crippen molar-refractivity contribution in [3.05, 3.63) is 12.7 Å². The second-order valence-electron chi connectivity index (χ2n) is 3.05. The van der Waals surface area contributed by atoms with Crippen molar-refractivity contribution in [1.29, 1.82) is 0 Å². The number of ether oxygens (including phenoxy) is 1. The summed E-state index contributed by atoms with van der Waals surface area (Å²) < 4.78 is 5.58. The fourth-order valence-corrected chi connectivity index (χ4v) is 2.73. The summed E-state index contributed by atoms with van der Waals surface area (Å²) in [5.74, 6) is 0. The van der Waals surface area contributed by atoms with Crippen LogP contribution in [0.5, 0.6) is 0 Å². The second kappa shape index (κ2) is 6.49. The van der Waals surface area contributed by atoms with Crippen molar-refractivity contribution in [2.24, 2.45) is 0 Å². The van der Waals surface area contributed by atoms with Crippen LogP contribution in [-0.2, 0) is 4.74 Å². The molecule has 1 rings (SSSR count). The van der Waals surface area contributed by atoms with Crippen LogP contribution in [0.15, 0.2) is 17.0 Å². The zero-order chi connectivity index (χ0) is 12.0. The molecule has 0 aliphatic carbocycles. The molecule has 1 aromatic heterocycles. The maximum absolute atomic E-state index is 11.2. The lowest BCUT2D eigenvalue weighted by atomic mass is 10.6. The average molecular weight is 259 g/mol. The number of amides is 1. The average Bonchev–Trinajstić information content (AvgIpc) is 2.61. The highest BCUT2D eigenvalue weighted by Crippen LogP contribution is 2.28. The van der Waals surface area contributed by atoms with Gasteiger partial charge < -0.3 is 4.74 Å². The molecule has 0 aliphatic heterocycles. The molecule has 0 bridgehead atoms. The number of rotatable bonds is 5. The van der Waals surface area contributed by atoms with E-state index in [1.165, 1.54) is 17.4 Å². The molecular weight excluding hydrogens is 246 g/mol. The van der Waals surface area contributed by atoms with Crippen LogP contribution < -0.4 is 5.32 Å². The van der Waals surface area contributed by atoms with Crippen molar-refractivity contribution in [2.45, 2.75) is 23.4 Å². The van der Waals surface area contributed by atoms with E-state index in [2.05, 4.69) is 35.9 Å². The monoisotopic (exact) mass is 259 g/mol. The van der Waals surface area contributed by atoms with Crippen LogP contribution in [-0.4, -0.2) is 28.1 Å². The van der Waals surface area contributed by atoms with E-state index < -0.39 is 6.09 Å². The summed E-state index contributed by atoms with van der Waals surface area (Å²) in [7, 11) is 0. The van der Waals surface area contributed by atoms with Crippen molar-refractivity contribution >= 4 is 34.3 Å². The standard InChI is InChI=1S/C9H13N3O2S2/c1-4-5-14-8(13)10-7-11-12-9(16-7)15-6(2)3/h4,6H,1,5H2,2-3H3,(H,10,11,13). The normalized spacial score (nSPS) is 10.2. The highest BCUT2D eigenvalue weighted by Gasteiger charge is 2.09. The number of aromatic nitrogens is 2. The Hall–Kier alpha value is -1.08. The van der Waals surface area contributed by atoms with Gasteiger partial charge in [0.25, 0.3) is 0 Å². The van der Waals surface area contributed by atoms with Crippen molar-refractivity contribution in [2.75, 3.05) is 11.9 Å². The molecule has 0 atom stereocenters. The Kier molecular flexibility index (Phi) is 5.27. The van der Waals surface area contributed by atoms with Crippen molar-refractivity contribution < 1.29 is 9.53 Å². The Morgan fingerprint density at radius 3 is 3.06 bits per heavy atom. The third-order valence-electron chi connectivity index (χ3n) is 1.28. The molecule has 1 N–H and O–H groups in total. The maximum atomic E-state index is 11.2. The molecule has 0 aliphatic rings. The summed E-state index contributed by atoms with van der Waals surface area (Å²) in [6.07, 6.45) is 0.955. The third kappa shape index (κ3) is 4.63. The Morgan fingerprint density at radius 2 is 2.44 bits per heavy atom. The van der Waals surface area contributed by atoms with Gasteiger partial charge in [-0.2, -0.15) is 0 Å². The van der Waals surface area contributed by atoms with Gasteiger partial charge >= 0.3 is 6.09 Å². The summed E-state index contributed by atoms with van der Waals surface area (Å²) in [4.78, 5) is 11.2. The van der Waals surface area contributed by atoms with Crippen molar-refractivity contribution in [3.8, 4) is 0 Å². The molecule has 16 heavy (non-hydrogen) atoms. The molecule has 0 fully saturated rings. The molecule has 0 saturated heterocycles. The van der Waals surface area contributed by atoms with E-state index in [0.29, 0.717) is 10.4 Å². The molecule has 0 aromatic carbocycles. The highest BCUT2D eigenvalue weighted by molar-refractivity contribution is 8.01. The summed E-state index contributed by atoms with van der Waals surface area (Å²) in [5.41, 5.74) is 0. The topological polar surface area (TPSA) is 64.1 Å². The van der Waals surface area contributed by atoms with Gasteiger partial charge in [0.05, 0.1) is 0 Å². The Balaban J connectivity index is 2.45. The molecule has 0 saturated carbocycles. The molecule has 0 unspecified atom stereocenters. The minimum Gasteiger partial charge on any atom is -0.445 e. The Labute approximate surface area is 102 Å². The minimum atomic E-state index is -0.544. The number of carbonyl (C=O) groups is 1. The van der Waals surface area contributed by atoms with E-state index in [0.717, 1.165) is 4.34 Å². The van der Waals surface area contributed by atoms with Gasteiger partial charge in [0.15, 0.2) is 4.34 Å². The summed E-state index contributed by atoms with van der Waals surface area (Å²) in [6.45, 7) is 7.76. The quantitative estimate of drug-likeness (QED) is 0.500. The van der Waals surface area contributed by atoms with Gasteiger partial charge in [0.1, 0.15) is 6.61 Å². The first-order valence-electron chi connectivity index (χ1n) is 4.66. The van der Waals surface area contributed by atoms with Crippen molar-refractivity contribution in [1.82, 2.24) is 10.2 Å². The smallest absolute Gasteiger partial charge is 0.413 e. The largest absolute Gasteiger partial charge is 0.445 e. The molecule has 7 heteroatoms. The van der Waals surface area contributed by atoms with Gasteiger partial charge in [-0.3, -0.25) is 5.32 Å². The van der Waals surface area contributed by atoms with Crippen LogP contribution in [0.25, 0.3) is 0 Å². The first-order chi connectivity index (χ1) is 7.61. The van der Waals surface area contributed by atoms with Crippen molar-refractivity contribution in [3.63, 3.8) is 0 Å². The molecule has 1 aromatic rings. The number of hydrogen-bond acceptors (Lipinski definition) is 6. The number of thioether (sulfide) groups is 1. The maximum Gasteiger partial charge on any atom is 0.413 e. The predicted octanol–water partition coefficient (Wildman–Crippen LogP) is 2.77. The second-order valence-corrected chi connectivity index (χ2v) is 5.85. The van der Waals surface area contributed by atoms with Crippen LogP contribution in [0.4, 0.5) is 9.93 Å². The SMILES string of the molecule is C=CCOC(=O)Nc1nnc(SC(C)C)s1. The number of anilines is 1. The number of hydrogen-bond donors (Lipinski definition) is 1. The lowest BCUT2D eigenvalue weighted by Crippen LogP contribution is -2.13. The predicted molar refractivity (Wildman–Crippen MR) is 66.1 cm³/mol. The lowest BCUT2D eigenvalue weighted by molar-refractivity contribution is 0.174. The van der Waals surface area contributed by atoms with Gasteiger partial charge in [-0.15, -0.1) is 10.2 Å². The first-order valence-corrected chi connectivity index (χ1v) is 6.36. The van der Waals surface area contributed by atoms with Gasteiger partial charge in [-0.05, 0) is 0 Å². The van der Waals surface area contributed by atoms with Crippen LogP contribution in [0.3, 0.4) is 0 Å². The zero-order valence-corrected chi connectivity index (χ0v) is 10.7. The van der Waals surface area contributed by atoms with E-state index in [4.69, 9.17) is 4.74 Å². The fraction of sp³-hybridized carbons (Fsp3) is 0.444. The molecule has 0 radical (unpaired) electrons. The van der Waals surface area contributed by atoms with E-state index in [1.54, 1.807) is 11.8 Å². The molecule has 1 amide bonds. The van der Waals surface area contributed by atoms with Gasteiger partial charge in [-0.25, -0.2) is 4.79 Å². The minimum absolute atomic E-state index is 0.179. The van der Waals surface area contributed by atoms with Crippen LogP contribution in [0.1, 0.15) is 13.8 Å². The summed E-state index contributed by atoms with van der Waals surface area (Å²) in [5, 5.41) is 11.1. The van der Waals surface area contributed by atoms with E-state index in [9.17, 15) is 4.79 Å². The number of nitrogens with one attached hydrogen (secondary N) is 1. The Morgan fingerprint density at radius 1 is 1.69 bits per heavy atom. The van der Waals surface area contributed by atoms with Gasteiger partial charge in [0, 0.05) is 5.25 Å².